The average molecular weight is 493 g/mol. The molecule has 0 saturated carbocycles. The Hall–Kier alpha value is -1.04. The maximum absolute atomic E-state index is 4.42. The summed E-state index contributed by atoms with van der Waals surface area (Å²) in [5.41, 5.74) is 3.25. The van der Waals surface area contributed by atoms with E-state index >= 15 is 0 Å². The van der Waals surface area contributed by atoms with Crippen molar-refractivity contribution in [2.75, 3.05) is 0 Å². The first kappa shape index (κ1) is 20.7. The molecule has 0 heterocycles. The molecular formula is C25H15Y2-3. The third-order valence-electron chi connectivity index (χ3n) is 4.90. The fourth-order valence-corrected chi connectivity index (χ4v) is 3.62. The van der Waals surface area contributed by atoms with Crippen molar-refractivity contribution >= 4 is 32.3 Å². The number of benzene rings is 5. The second-order valence-corrected chi connectivity index (χ2v) is 6.37. The van der Waals surface area contributed by atoms with Gasteiger partial charge in [-0.25, -0.2) is 0 Å². The first-order valence-electron chi connectivity index (χ1n) is 8.40. The Morgan fingerprint density at radius 3 is 2.22 bits per heavy atom. The van der Waals surface area contributed by atoms with Crippen LogP contribution in [0.4, 0.5) is 0 Å². The largest absolute Gasteiger partial charge is 0.192 e. The summed E-state index contributed by atoms with van der Waals surface area (Å²) in [7, 11) is 0. The van der Waals surface area contributed by atoms with Crippen LogP contribution >= 0.6 is 0 Å². The van der Waals surface area contributed by atoms with Crippen molar-refractivity contribution in [1.82, 2.24) is 0 Å². The molecule has 27 heavy (non-hydrogen) atoms. The third kappa shape index (κ3) is 3.66. The van der Waals surface area contributed by atoms with Crippen molar-refractivity contribution in [2.24, 2.45) is 0 Å². The summed E-state index contributed by atoms with van der Waals surface area (Å²) < 4.78 is 0. The van der Waals surface area contributed by atoms with Gasteiger partial charge in [-0.05, 0) is 0 Å². The van der Waals surface area contributed by atoms with E-state index in [2.05, 4.69) is 85.8 Å². The maximum atomic E-state index is 4.42. The number of hydrogen-bond acceptors (Lipinski definition) is 0. The predicted molar refractivity (Wildman–Crippen MR) is 107 cm³/mol. The molecule has 0 aliphatic heterocycles. The summed E-state index contributed by atoms with van der Waals surface area (Å²) >= 11 is 0. The molecule has 0 fully saturated rings. The molecule has 0 atom stereocenters. The summed E-state index contributed by atoms with van der Waals surface area (Å²) in [6, 6.07) is 34.2. The van der Waals surface area contributed by atoms with E-state index in [0.29, 0.717) is 0 Å². The van der Waals surface area contributed by atoms with E-state index in [9.17, 15) is 0 Å². The van der Waals surface area contributed by atoms with Gasteiger partial charge < -0.3 is 0 Å². The topological polar surface area (TPSA) is 0 Å². The summed E-state index contributed by atoms with van der Waals surface area (Å²) in [6.45, 7) is 4.42. The normalized spacial score (nSPS) is 10.5. The van der Waals surface area contributed by atoms with Gasteiger partial charge in [0.25, 0.3) is 0 Å². The van der Waals surface area contributed by atoms with Crippen molar-refractivity contribution in [3.63, 3.8) is 0 Å². The maximum Gasteiger partial charge on any atom is 0 e. The molecular weight excluding hydrogens is 478 g/mol. The van der Waals surface area contributed by atoms with E-state index in [1.165, 1.54) is 26.9 Å². The van der Waals surface area contributed by atoms with Gasteiger partial charge in [-0.15, -0.1) is 75.1 Å². The van der Waals surface area contributed by atoms with Crippen molar-refractivity contribution in [3.8, 4) is 11.1 Å². The molecule has 0 spiro atoms. The smallest absolute Gasteiger partial charge is 0 e. The number of rotatable bonds is 1. The number of fused-ring (bicyclic) bond motifs is 4. The van der Waals surface area contributed by atoms with Gasteiger partial charge in [0, 0.05) is 65.4 Å². The predicted octanol–water partition coefficient (Wildman–Crippen LogP) is 6.59. The van der Waals surface area contributed by atoms with Gasteiger partial charge in [0.2, 0.25) is 0 Å². The Morgan fingerprint density at radius 1 is 0.667 bits per heavy atom. The van der Waals surface area contributed by atoms with E-state index in [4.69, 9.17) is 0 Å². The van der Waals surface area contributed by atoms with Gasteiger partial charge >= 0.3 is 0 Å². The first-order valence-corrected chi connectivity index (χ1v) is 8.40. The second kappa shape index (κ2) is 8.54. The summed E-state index contributed by atoms with van der Waals surface area (Å²) in [5, 5.41) is 7.13. The Balaban J connectivity index is 0.00000105. The Kier molecular flexibility index (Phi) is 6.54. The van der Waals surface area contributed by atoms with Crippen LogP contribution in [-0.4, -0.2) is 0 Å². The van der Waals surface area contributed by atoms with Crippen LogP contribution in [0.3, 0.4) is 0 Å². The van der Waals surface area contributed by atoms with Crippen LogP contribution in [0, 0.1) is 19.1 Å². The van der Waals surface area contributed by atoms with E-state index in [-0.39, 0.29) is 65.4 Å². The summed E-state index contributed by atoms with van der Waals surface area (Å²) in [4.78, 5) is 0. The average Bonchev–Trinajstić information content (AvgIpc) is 2.67. The number of hydrogen-bond donors (Lipinski definition) is 0. The van der Waals surface area contributed by atoms with Crippen molar-refractivity contribution in [2.45, 2.75) is 0 Å². The Bertz CT molecular complexity index is 1260. The molecule has 2 heteroatoms. The van der Waals surface area contributed by atoms with Crippen LogP contribution in [0.25, 0.3) is 43.4 Å². The van der Waals surface area contributed by atoms with Gasteiger partial charge in [0.05, 0.1) is 0 Å². The van der Waals surface area contributed by atoms with Crippen molar-refractivity contribution < 1.29 is 65.4 Å². The Labute approximate surface area is 210 Å². The molecule has 5 aromatic carbocycles. The minimum atomic E-state index is 0. The van der Waals surface area contributed by atoms with Crippen LogP contribution in [0.1, 0.15) is 5.56 Å². The van der Waals surface area contributed by atoms with Gasteiger partial charge in [-0.1, -0.05) is 59.3 Å². The van der Waals surface area contributed by atoms with Crippen LogP contribution in [0.2, 0.25) is 0 Å². The molecule has 0 unspecified atom stereocenters. The van der Waals surface area contributed by atoms with Crippen LogP contribution in [0.5, 0.6) is 0 Å². The van der Waals surface area contributed by atoms with Crippen LogP contribution in [-0.2, 0) is 65.4 Å². The standard InChI is InChI=1S/C25H15.2Y/c1-17-23(22-13-10-18-6-2-3-8-21(18)16-22)15-14-20-12-11-19-7-4-5-9-24(19)25(17)20;;/h2-8,10-12,14-16H,1H2;;/q-3;;. The van der Waals surface area contributed by atoms with Crippen LogP contribution in [0.15, 0.2) is 78.9 Å². The molecule has 0 N–H and O–H groups in total. The fourth-order valence-electron chi connectivity index (χ4n) is 3.62. The second-order valence-electron chi connectivity index (χ2n) is 6.37. The minimum absolute atomic E-state index is 0. The van der Waals surface area contributed by atoms with Gasteiger partial charge in [-0.2, -0.15) is 12.5 Å². The molecule has 124 valence electrons. The van der Waals surface area contributed by atoms with E-state index in [1.54, 1.807) is 0 Å². The zero-order valence-corrected chi connectivity index (χ0v) is 20.5. The molecule has 0 amide bonds. The SMILES string of the molecule is [CH2-]c1c(-c2[c-]cc3ccccc3c2)ccc2ccc3ccc[c-]c3c12.[Y].[Y]. The van der Waals surface area contributed by atoms with E-state index in [0.717, 1.165) is 22.1 Å². The minimum Gasteiger partial charge on any atom is -0.192 e. The Morgan fingerprint density at radius 2 is 1.37 bits per heavy atom. The third-order valence-corrected chi connectivity index (χ3v) is 4.90. The molecule has 0 bridgehead atoms. The quantitative estimate of drug-likeness (QED) is 0.183. The van der Waals surface area contributed by atoms with Gasteiger partial charge in [0.15, 0.2) is 0 Å². The summed E-state index contributed by atoms with van der Waals surface area (Å²) in [5.74, 6) is 0. The summed E-state index contributed by atoms with van der Waals surface area (Å²) in [6.07, 6.45) is 0. The van der Waals surface area contributed by atoms with Gasteiger partial charge in [-0.3, -0.25) is 0 Å². The van der Waals surface area contributed by atoms with E-state index in [1.807, 2.05) is 12.1 Å². The monoisotopic (exact) mass is 493 g/mol. The van der Waals surface area contributed by atoms with Gasteiger partial charge in [0.1, 0.15) is 0 Å². The zero-order chi connectivity index (χ0) is 16.8. The molecule has 0 aliphatic carbocycles. The van der Waals surface area contributed by atoms with Crippen LogP contribution < -0.4 is 0 Å². The first-order chi connectivity index (χ1) is 12.3. The fraction of sp³-hybridized carbons (Fsp3) is 0. The molecule has 5 rings (SSSR count). The zero-order valence-electron chi connectivity index (χ0n) is 14.9. The molecule has 0 saturated heterocycles. The molecule has 5 aromatic rings. The molecule has 0 nitrogen and oxygen atoms in total. The van der Waals surface area contributed by atoms with Crippen molar-refractivity contribution in [3.05, 3.63) is 103 Å². The molecule has 2 radical (unpaired) electrons. The van der Waals surface area contributed by atoms with E-state index < -0.39 is 0 Å². The van der Waals surface area contributed by atoms with Crippen molar-refractivity contribution in [1.29, 1.82) is 0 Å². The molecule has 0 aromatic heterocycles. The molecule has 0 aliphatic rings.